The predicted molar refractivity (Wildman–Crippen MR) is 78.0 cm³/mol. The molecule has 4 nitrogen and oxygen atoms in total. The molecule has 1 amide bonds. The van der Waals surface area contributed by atoms with Crippen LogP contribution < -0.4 is 37.6 Å². The van der Waals surface area contributed by atoms with E-state index in [2.05, 4.69) is 28.5 Å². The summed E-state index contributed by atoms with van der Waals surface area (Å²) in [5.41, 5.74) is 5.09. The molecule has 0 aliphatic rings. The molecule has 0 saturated heterocycles. The fourth-order valence-corrected chi connectivity index (χ4v) is 3.54. The number of hydrogen-bond acceptors (Lipinski definition) is 2. The number of quaternary nitrogens is 1. The Balaban J connectivity index is 1.93. The molecule has 0 radical (unpaired) electrons. The number of unbranched alkanes of at least 4 members (excludes halogenated alkanes) is 1. The van der Waals surface area contributed by atoms with Gasteiger partial charge in [-0.25, -0.2) is 0 Å². The molecule has 5 heteroatoms. The van der Waals surface area contributed by atoms with E-state index in [9.17, 15) is 4.79 Å². The van der Waals surface area contributed by atoms with Crippen LogP contribution in [-0.2, 0) is 4.43 Å². The Morgan fingerprint density at radius 2 is 1.80 bits per heavy atom. The molecule has 0 saturated carbocycles. The zero-order chi connectivity index (χ0) is 14.5. The molecule has 0 aromatic heterocycles. The van der Waals surface area contributed by atoms with Gasteiger partial charge < -0.3 is 0 Å². The van der Waals surface area contributed by atoms with Gasteiger partial charge in [0.25, 0.3) is 0 Å². The number of alkyl halides is 1. The van der Waals surface area contributed by atoms with Gasteiger partial charge in [0, 0.05) is 0 Å². The van der Waals surface area contributed by atoms with Crippen LogP contribution in [-0.4, -0.2) is 30.1 Å². The number of hydrogen-bond donors (Lipinski definition) is 3. The van der Waals surface area contributed by atoms with Crippen molar-refractivity contribution < 1.29 is 31.7 Å². The third kappa shape index (κ3) is 9.28. The van der Waals surface area contributed by atoms with E-state index in [1.165, 1.54) is 18.4 Å². The van der Waals surface area contributed by atoms with E-state index in [4.69, 9.17) is 0 Å². The second kappa shape index (κ2) is 12.1. The molecule has 114 valence electrons. The van der Waals surface area contributed by atoms with Crippen LogP contribution in [0.1, 0.15) is 24.8 Å². The summed E-state index contributed by atoms with van der Waals surface area (Å²) in [6.45, 7) is 3.84. The number of nitrogens with one attached hydrogen (secondary N) is 2. The zero-order valence-electron chi connectivity index (χ0n) is 12.0. The van der Waals surface area contributed by atoms with Crippen molar-refractivity contribution >= 4 is 3.91 Å². The normalized spacial score (nSPS) is 10.7. The van der Waals surface area contributed by atoms with Crippen molar-refractivity contribution in [2.24, 2.45) is 0 Å². The van der Waals surface area contributed by atoms with Crippen molar-refractivity contribution in [3.05, 3.63) is 35.9 Å². The van der Waals surface area contributed by atoms with Gasteiger partial charge in [-0.1, -0.05) is 0 Å². The minimum absolute atomic E-state index is 0.254. The van der Waals surface area contributed by atoms with Gasteiger partial charge >= 0.3 is 132 Å². The van der Waals surface area contributed by atoms with Crippen LogP contribution in [0, 0.1) is 0 Å². The van der Waals surface area contributed by atoms with Crippen LogP contribution in [0.5, 0.6) is 0 Å². The molecular formula is C15H26IN3O. The Hall–Kier alpha value is -0.660. The van der Waals surface area contributed by atoms with E-state index in [1.54, 1.807) is 0 Å². The summed E-state index contributed by atoms with van der Waals surface area (Å²) in [4.78, 5) is 11.7. The second-order valence-electron chi connectivity index (χ2n) is 4.62. The number of carbonyl (C=O) groups is 1. The predicted octanol–water partition coefficient (Wildman–Crippen LogP) is -2.01. The summed E-state index contributed by atoms with van der Waals surface area (Å²) < 4.78 is 1.18. The molecule has 0 bridgehead atoms. The number of halogens is 1. The molecule has 0 atom stereocenters. The van der Waals surface area contributed by atoms with Gasteiger partial charge in [-0.05, 0) is 0 Å². The van der Waals surface area contributed by atoms with Crippen molar-refractivity contribution in [3.8, 4) is 0 Å². The molecule has 0 spiro atoms. The van der Waals surface area contributed by atoms with Crippen LogP contribution >= 0.6 is 0 Å². The summed E-state index contributed by atoms with van der Waals surface area (Å²) >= 11 is -0.428. The molecule has 0 heterocycles. The van der Waals surface area contributed by atoms with E-state index in [0.717, 1.165) is 37.0 Å². The van der Waals surface area contributed by atoms with E-state index in [0.29, 0.717) is 0 Å². The Kier molecular flexibility index (Phi) is 10.5. The summed E-state index contributed by atoms with van der Waals surface area (Å²) in [7, 11) is 0. The topological polar surface area (TPSA) is 68.8 Å². The van der Waals surface area contributed by atoms with E-state index < -0.39 is 21.2 Å². The van der Waals surface area contributed by atoms with Crippen LogP contribution in [0.25, 0.3) is 0 Å². The fraction of sp³-hybridized carbons (Fsp3) is 0.533. The van der Waals surface area contributed by atoms with Crippen molar-refractivity contribution in [2.75, 3.05) is 26.2 Å². The molecule has 1 rings (SSSR count). The van der Waals surface area contributed by atoms with Gasteiger partial charge in [0.1, 0.15) is 0 Å². The van der Waals surface area contributed by atoms with Gasteiger partial charge in [-0.3, -0.25) is 0 Å². The quantitative estimate of drug-likeness (QED) is 0.134. The van der Waals surface area contributed by atoms with Crippen LogP contribution in [0.4, 0.5) is 4.79 Å². The standard InChI is InChI=1S/C15H25IN3O/c17-9-4-5-10-18-11-6-12-19-15(20)16-13-14-7-2-1-3-8-14/h1-3,7-8,18H,4-6,9-13,17H2,(H,19,20)/q-1/p+1. The van der Waals surface area contributed by atoms with Gasteiger partial charge in [0.05, 0.1) is 0 Å². The third-order valence-electron chi connectivity index (χ3n) is 2.83. The fourth-order valence-electron chi connectivity index (χ4n) is 1.70. The maximum atomic E-state index is 11.7. The van der Waals surface area contributed by atoms with E-state index in [-0.39, 0.29) is 3.91 Å². The molecule has 20 heavy (non-hydrogen) atoms. The second-order valence-corrected chi connectivity index (χ2v) is 7.12. The van der Waals surface area contributed by atoms with E-state index >= 15 is 0 Å². The van der Waals surface area contributed by atoms with Gasteiger partial charge in [-0.2, -0.15) is 0 Å². The summed E-state index contributed by atoms with van der Waals surface area (Å²) in [5, 5.41) is 6.40. The zero-order valence-corrected chi connectivity index (χ0v) is 14.2. The van der Waals surface area contributed by atoms with Crippen LogP contribution in [0.2, 0.25) is 0 Å². The summed E-state index contributed by atoms with van der Waals surface area (Å²) in [6, 6.07) is 10.2. The first-order valence-corrected chi connectivity index (χ1v) is 9.84. The molecule has 1 aromatic carbocycles. The number of amides is 1. The van der Waals surface area contributed by atoms with Crippen LogP contribution in [0.15, 0.2) is 30.3 Å². The average Bonchev–Trinajstić information content (AvgIpc) is 2.49. The number of rotatable bonds is 11. The first-order chi connectivity index (χ1) is 9.83. The van der Waals surface area contributed by atoms with Crippen LogP contribution in [0.3, 0.4) is 0 Å². The summed E-state index contributed by atoms with van der Waals surface area (Å²) in [6.07, 6.45) is 3.39. The van der Waals surface area contributed by atoms with Crippen molar-refractivity contribution in [1.82, 2.24) is 10.6 Å². The molecule has 0 aliphatic heterocycles. The Morgan fingerprint density at radius 3 is 2.55 bits per heavy atom. The van der Waals surface area contributed by atoms with Crippen molar-refractivity contribution in [3.63, 3.8) is 0 Å². The molecular weight excluding hydrogens is 365 g/mol. The maximum absolute atomic E-state index is 11.7. The Morgan fingerprint density at radius 1 is 1.05 bits per heavy atom. The van der Waals surface area contributed by atoms with Gasteiger partial charge in [0.2, 0.25) is 0 Å². The molecule has 1 aromatic rings. The average molecular weight is 391 g/mol. The monoisotopic (exact) mass is 391 g/mol. The number of carbonyl (C=O) groups excluding carboxylic acids is 1. The third-order valence-corrected chi connectivity index (χ3v) is 5.17. The summed E-state index contributed by atoms with van der Waals surface area (Å²) in [5.74, 6) is 0. The first-order valence-electron chi connectivity index (χ1n) is 7.24. The molecule has 5 N–H and O–H groups in total. The Labute approximate surface area is 132 Å². The van der Waals surface area contributed by atoms with Gasteiger partial charge in [-0.15, -0.1) is 0 Å². The molecule has 0 fully saturated rings. The molecule has 0 unspecified atom stereocenters. The minimum atomic E-state index is -0.428. The SMILES string of the molecule is [NH3+]CCCCNCCCNC(=O)[I-]Cc1ccccc1. The van der Waals surface area contributed by atoms with Crippen molar-refractivity contribution in [1.29, 1.82) is 0 Å². The van der Waals surface area contributed by atoms with Gasteiger partial charge in [0.15, 0.2) is 0 Å². The number of benzene rings is 1. The van der Waals surface area contributed by atoms with Crippen molar-refractivity contribution in [2.45, 2.75) is 23.7 Å². The Bertz CT molecular complexity index is 359. The van der Waals surface area contributed by atoms with E-state index in [1.807, 2.05) is 18.2 Å². The molecule has 0 aliphatic carbocycles. The first kappa shape index (κ1) is 17.4.